The SMILES string of the molecule is Cc1cc(CNc2ccccc2C(=O)O)c2nc(N3CCN(c4ccc(C#N)cc4)C[C@@H]3C)c(C#N)c(=O)n2c1. The molecule has 4 aromatic rings. The number of nitrogens with zero attached hydrogens (tertiary/aromatic N) is 6. The number of hydrogen-bond donors (Lipinski definition) is 2. The van der Waals surface area contributed by atoms with Crippen LogP contribution in [0.1, 0.15) is 39.5 Å². The van der Waals surface area contributed by atoms with Crippen LogP contribution in [0.15, 0.2) is 65.6 Å². The molecule has 0 spiro atoms. The number of benzene rings is 2. The molecule has 0 amide bonds. The van der Waals surface area contributed by atoms with E-state index in [4.69, 9.17) is 10.2 Å². The zero-order valence-corrected chi connectivity index (χ0v) is 22.1. The molecule has 2 N–H and O–H groups in total. The summed E-state index contributed by atoms with van der Waals surface area (Å²) in [7, 11) is 0. The normalized spacial score (nSPS) is 14.9. The highest BCUT2D eigenvalue weighted by Gasteiger charge is 2.29. The van der Waals surface area contributed by atoms with Gasteiger partial charge in [0.2, 0.25) is 0 Å². The van der Waals surface area contributed by atoms with E-state index in [0.717, 1.165) is 11.3 Å². The number of carbonyl (C=O) groups is 1. The van der Waals surface area contributed by atoms with Crippen LogP contribution in [0, 0.1) is 29.6 Å². The van der Waals surface area contributed by atoms with Crippen molar-refractivity contribution in [3.05, 3.63) is 99.0 Å². The quantitative estimate of drug-likeness (QED) is 0.379. The van der Waals surface area contributed by atoms with Gasteiger partial charge in [0, 0.05) is 55.4 Å². The van der Waals surface area contributed by atoms with Crippen LogP contribution in [-0.2, 0) is 6.54 Å². The summed E-state index contributed by atoms with van der Waals surface area (Å²) in [5, 5.41) is 31.8. The van der Waals surface area contributed by atoms with E-state index < -0.39 is 11.5 Å². The average molecular weight is 534 g/mol. The Balaban J connectivity index is 1.50. The summed E-state index contributed by atoms with van der Waals surface area (Å²) in [6, 6.07) is 20.1. The fourth-order valence-electron chi connectivity index (χ4n) is 5.15. The van der Waals surface area contributed by atoms with E-state index in [1.807, 2.05) is 36.9 Å². The number of nitrogens with one attached hydrogen (secondary N) is 1. The number of piperazine rings is 1. The first kappa shape index (κ1) is 26.3. The van der Waals surface area contributed by atoms with Crippen molar-refractivity contribution in [3.8, 4) is 12.1 Å². The second kappa shape index (κ2) is 10.8. The average Bonchev–Trinajstić information content (AvgIpc) is 2.96. The predicted octanol–water partition coefficient (Wildman–Crippen LogP) is 3.77. The maximum atomic E-state index is 13.5. The largest absolute Gasteiger partial charge is 0.478 e. The number of anilines is 3. The second-order valence-electron chi connectivity index (χ2n) is 9.82. The van der Waals surface area contributed by atoms with E-state index >= 15 is 0 Å². The number of aromatic nitrogens is 2. The maximum Gasteiger partial charge on any atom is 0.337 e. The molecule has 1 fully saturated rings. The van der Waals surface area contributed by atoms with E-state index in [-0.39, 0.29) is 23.7 Å². The molecule has 10 heteroatoms. The van der Waals surface area contributed by atoms with Gasteiger partial charge in [0.15, 0.2) is 11.4 Å². The van der Waals surface area contributed by atoms with Gasteiger partial charge < -0.3 is 20.2 Å². The molecule has 3 heterocycles. The first-order valence-corrected chi connectivity index (χ1v) is 12.8. The van der Waals surface area contributed by atoms with E-state index in [1.165, 1.54) is 10.5 Å². The fraction of sp³-hybridized carbons (Fsp3) is 0.233. The van der Waals surface area contributed by atoms with Gasteiger partial charge in [0.05, 0.1) is 17.2 Å². The van der Waals surface area contributed by atoms with Crippen molar-refractivity contribution in [2.24, 2.45) is 0 Å². The molecule has 2 aromatic heterocycles. The molecule has 5 rings (SSSR count). The Morgan fingerprint density at radius 2 is 1.88 bits per heavy atom. The van der Waals surface area contributed by atoms with Gasteiger partial charge in [-0.2, -0.15) is 10.5 Å². The van der Waals surface area contributed by atoms with Crippen LogP contribution in [0.4, 0.5) is 17.2 Å². The zero-order valence-electron chi connectivity index (χ0n) is 22.1. The minimum absolute atomic E-state index is 0.0168. The standard InChI is InChI=1S/C30H27N7O3/c1-19-13-22(16-33-26-6-4-3-5-24(26)30(39)40)27-34-28(25(15-32)29(38)37(27)17-19)36-12-11-35(18-20(36)2)23-9-7-21(14-31)8-10-23/h3-10,13,17,20,33H,11-12,16,18H2,1-2H3,(H,39,40)/t20-/m0/s1. The third-order valence-corrected chi connectivity index (χ3v) is 7.12. The van der Waals surface area contributed by atoms with Crippen LogP contribution in [0.3, 0.4) is 0 Å². The monoisotopic (exact) mass is 533 g/mol. The fourth-order valence-corrected chi connectivity index (χ4v) is 5.15. The Hall–Kier alpha value is -5.35. The van der Waals surface area contributed by atoms with Crippen molar-refractivity contribution in [3.63, 3.8) is 0 Å². The lowest BCUT2D eigenvalue weighted by atomic mass is 10.1. The molecule has 1 saturated heterocycles. The van der Waals surface area contributed by atoms with Crippen LogP contribution >= 0.6 is 0 Å². The number of hydrogen-bond acceptors (Lipinski definition) is 8. The number of fused-ring (bicyclic) bond motifs is 1. The molecule has 1 aliphatic rings. The Labute approximate surface area is 231 Å². The second-order valence-corrected chi connectivity index (χ2v) is 9.82. The Kier molecular flexibility index (Phi) is 7.09. The lowest BCUT2D eigenvalue weighted by Crippen LogP contribution is -2.53. The third kappa shape index (κ3) is 4.91. The summed E-state index contributed by atoms with van der Waals surface area (Å²) in [6.07, 6.45) is 1.66. The number of nitriles is 2. The van der Waals surface area contributed by atoms with E-state index in [0.29, 0.717) is 47.9 Å². The van der Waals surface area contributed by atoms with Gasteiger partial charge in [-0.25, -0.2) is 9.78 Å². The number of carboxylic acid groups (broad SMARTS) is 1. The molecule has 0 unspecified atom stereocenters. The van der Waals surface area contributed by atoms with Crippen molar-refractivity contribution in [2.75, 3.05) is 34.8 Å². The molecule has 2 aromatic carbocycles. The predicted molar refractivity (Wildman–Crippen MR) is 152 cm³/mol. The van der Waals surface area contributed by atoms with Crippen molar-refractivity contribution < 1.29 is 9.90 Å². The lowest BCUT2D eigenvalue weighted by molar-refractivity contribution is 0.0698. The summed E-state index contributed by atoms with van der Waals surface area (Å²) in [4.78, 5) is 34.3. The van der Waals surface area contributed by atoms with Gasteiger partial charge >= 0.3 is 5.97 Å². The highest BCUT2D eigenvalue weighted by atomic mass is 16.4. The minimum atomic E-state index is -1.04. The Bertz CT molecular complexity index is 1750. The number of aryl methyl sites for hydroxylation is 1. The first-order valence-electron chi connectivity index (χ1n) is 12.8. The molecule has 0 saturated carbocycles. The van der Waals surface area contributed by atoms with Gasteiger partial charge in [-0.1, -0.05) is 12.1 Å². The van der Waals surface area contributed by atoms with Crippen LogP contribution in [-0.4, -0.2) is 46.1 Å². The van der Waals surface area contributed by atoms with Crippen molar-refractivity contribution in [1.82, 2.24) is 9.38 Å². The van der Waals surface area contributed by atoms with Crippen molar-refractivity contribution in [1.29, 1.82) is 10.5 Å². The summed E-state index contributed by atoms with van der Waals surface area (Å²) in [5.74, 6) is -0.697. The summed E-state index contributed by atoms with van der Waals surface area (Å²) < 4.78 is 1.40. The van der Waals surface area contributed by atoms with Gasteiger partial charge in [0.1, 0.15) is 11.7 Å². The number of rotatable bonds is 6. The van der Waals surface area contributed by atoms with Gasteiger partial charge in [0.25, 0.3) is 5.56 Å². The van der Waals surface area contributed by atoms with Gasteiger partial charge in [-0.3, -0.25) is 9.20 Å². The molecule has 200 valence electrons. The summed E-state index contributed by atoms with van der Waals surface area (Å²) in [6.45, 7) is 5.95. The number of pyridine rings is 1. The molecule has 0 radical (unpaired) electrons. The first-order chi connectivity index (χ1) is 19.3. The van der Waals surface area contributed by atoms with Gasteiger partial charge in [-0.05, 0) is 61.9 Å². The Morgan fingerprint density at radius 1 is 1.12 bits per heavy atom. The van der Waals surface area contributed by atoms with E-state index in [2.05, 4.69) is 22.4 Å². The molecular weight excluding hydrogens is 506 g/mol. The lowest BCUT2D eigenvalue weighted by Gasteiger charge is -2.41. The number of carboxylic acids is 1. The summed E-state index contributed by atoms with van der Waals surface area (Å²) in [5.41, 5.74) is 3.66. The minimum Gasteiger partial charge on any atom is -0.478 e. The molecule has 0 aliphatic carbocycles. The van der Waals surface area contributed by atoms with E-state index in [9.17, 15) is 20.0 Å². The highest BCUT2D eigenvalue weighted by molar-refractivity contribution is 5.94. The van der Waals surface area contributed by atoms with Crippen molar-refractivity contribution in [2.45, 2.75) is 26.4 Å². The summed E-state index contributed by atoms with van der Waals surface area (Å²) >= 11 is 0. The van der Waals surface area contributed by atoms with Crippen LogP contribution in [0.2, 0.25) is 0 Å². The zero-order chi connectivity index (χ0) is 28.4. The van der Waals surface area contributed by atoms with Crippen LogP contribution in [0.5, 0.6) is 0 Å². The van der Waals surface area contributed by atoms with Gasteiger partial charge in [-0.15, -0.1) is 0 Å². The molecule has 40 heavy (non-hydrogen) atoms. The molecule has 1 atom stereocenters. The molecule has 10 nitrogen and oxygen atoms in total. The molecular formula is C30H27N7O3. The topological polar surface area (TPSA) is 138 Å². The van der Waals surface area contributed by atoms with Crippen molar-refractivity contribution >= 4 is 28.8 Å². The van der Waals surface area contributed by atoms with Crippen LogP contribution in [0.25, 0.3) is 5.65 Å². The highest BCUT2D eigenvalue weighted by Crippen LogP contribution is 2.26. The third-order valence-electron chi connectivity index (χ3n) is 7.12. The molecule has 1 aliphatic heterocycles. The Morgan fingerprint density at radius 3 is 2.55 bits per heavy atom. The number of aromatic carboxylic acids is 1. The number of para-hydroxylation sites is 1. The van der Waals surface area contributed by atoms with E-state index in [1.54, 1.807) is 36.5 Å². The smallest absolute Gasteiger partial charge is 0.337 e. The van der Waals surface area contributed by atoms with Crippen LogP contribution < -0.4 is 20.7 Å². The molecule has 0 bridgehead atoms. The maximum absolute atomic E-state index is 13.5.